The average molecular weight is 229 g/mol. The van der Waals surface area contributed by atoms with E-state index in [-0.39, 0.29) is 0 Å². The fraction of sp³-hybridized carbons (Fsp3) is 0.308. The molecule has 2 aromatic heterocycles. The van der Waals surface area contributed by atoms with Gasteiger partial charge in [-0.2, -0.15) is 0 Å². The van der Waals surface area contributed by atoms with Crippen molar-refractivity contribution >= 4 is 6.29 Å². The standard InChI is InChI=1S/C13H15N3O/c1-10-15-12(13(9-17)16(10)2)7-6-11-5-3-4-8-14-11/h3-5,8-9H,6-7H2,1-2H3. The van der Waals surface area contributed by atoms with Crippen LogP contribution in [0.25, 0.3) is 0 Å². The molecule has 2 heterocycles. The number of nitrogens with zero attached hydrogens (tertiary/aromatic N) is 3. The topological polar surface area (TPSA) is 47.8 Å². The number of carbonyl (C=O) groups excluding carboxylic acids is 1. The number of aryl methyl sites for hydroxylation is 3. The van der Waals surface area contributed by atoms with Gasteiger partial charge in [0, 0.05) is 18.9 Å². The normalized spacial score (nSPS) is 10.5. The zero-order valence-corrected chi connectivity index (χ0v) is 10.1. The largest absolute Gasteiger partial charge is 0.329 e. The summed E-state index contributed by atoms with van der Waals surface area (Å²) in [6, 6.07) is 5.84. The summed E-state index contributed by atoms with van der Waals surface area (Å²) < 4.78 is 1.82. The van der Waals surface area contributed by atoms with Crippen LogP contribution in [0.2, 0.25) is 0 Å². The van der Waals surface area contributed by atoms with Crippen LogP contribution in [-0.4, -0.2) is 20.8 Å². The van der Waals surface area contributed by atoms with Crippen molar-refractivity contribution in [3.8, 4) is 0 Å². The van der Waals surface area contributed by atoms with Crippen molar-refractivity contribution in [1.82, 2.24) is 14.5 Å². The van der Waals surface area contributed by atoms with Gasteiger partial charge < -0.3 is 4.57 Å². The molecule has 0 unspecified atom stereocenters. The molecular weight excluding hydrogens is 214 g/mol. The number of pyridine rings is 1. The van der Waals surface area contributed by atoms with E-state index in [1.165, 1.54) is 0 Å². The van der Waals surface area contributed by atoms with Crippen molar-refractivity contribution in [3.63, 3.8) is 0 Å². The quantitative estimate of drug-likeness (QED) is 0.750. The fourth-order valence-electron chi connectivity index (χ4n) is 1.82. The molecule has 0 aliphatic heterocycles. The van der Waals surface area contributed by atoms with Crippen molar-refractivity contribution in [2.24, 2.45) is 7.05 Å². The van der Waals surface area contributed by atoms with Crippen LogP contribution < -0.4 is 0 Å². The van der Waals surface area contributed by atoms with Gasteiger partial charge in [-0.25, -0.2) is 4.98 Å². The van der Waals surface area contributed by atoms with E-state index in [0.717, 1.165) is 36.3 Å². The molecule has 0 aliphatic carbocycles. The van der Waals surface area contributed by atoms with Gasteiger partial charge in [-0.1, -0.05) is 6.07 Å². The molecule has 4 heteroatoms. The molecule has 0 amide bonds. The predicted octanol–water partition coefficient (Wildman–Crippen LogP) is 1.72. The maximum Gasteiger partial charge on any atom is 0.168 e. The lowest BCUT2D eigenvalue weighted by molar-refractivity contribution is 0.111. The highest BCUT2D eigenvalue weighted by Gasteiger charge is 2.11. The summed E-state index contributed by atoms with van der Waals surface area (Å²) in [5.74, 6) is 0.864. The van der Waals surface area contributed by atoms with Gasteiger partial charge in [0.05, 0.1) is 5.69 Å². The van der Waals surface area contributed by atoms with E-state index in [0.29, 0.717) is 5.69 Å². The smallest absolute Gasteiger partial charge is 0.168 e. The lowest BCUT2D eigenvalue weighted by Gasteiger charge is -1.99. The molecule has 4 nitrogen and oxygen atoms in total. The Morgan fingerprint density at radius 2 is 2.18 bits per heavy atom. The van der Waals surface area contributed by atoms with E-state index in [1.807, 2.05) is 36.7 Å². The van der Waals surface area contributed by atoms with Gasteiger partial charge in [-0.15, -0.1) is 0 Å². The van der Waals surface area contributed by atoms with Crippen LogP contribution in [0.3, 0.4) is 0 Å². The lowest BCUT2D eigenvalue weighted by Crippen LogP contribution is -2.00. The van der Waals surface area contributed by atoms with Crippen molar-refractivity contribution in [2.75, 3.05) is 0 Å². The van der Waals surface area contributed by atoms with Gasteiger partial charge in [0.2, 0.25) is 0 Å². The van der Waals surface area contributed by atoms with Crippen LogP contribution in [-0.2, 0) is 19.9 Å². The molecule has 2 rings (SSSR count). The maximum atomic E-state index is 11.0. The van der Waals surface area contributed by atoms with Crippen LogP contribution in [0.5, 0.6) is 0 Å². The highest BCUT2D eigenvalue weighted by molar-refractivity contribution is 5.74. The third-order valence-electron chi connectivity index (χ3n) is 2.89. The van der Waals surface area contributed by atoms with Gasteiger partial charge in [0.25, 0.3) is 0 Å². The summed E-state index contributed by atoms with van der Waals surface area (Å²) >= 11 is 0. The molecule has 88 valence electrons. The second kappa shape index (κ2) is 4.91. The Hall–Kier alpha value is -1.97. The van der Waals surface area contributed by atoms with Crippen LogP contribution in [0.4, 0.5) is 0 Å². The number of carbonyl (C=O) groups is 1. The second-order valence-corrected chi connectivity index (χ2v) is 3.99. The van der Waals surface area contributed by atoms with Gasteiger partial charge in [0.15, 0.2) is 6.29 Å². The molecule has 0 fully saturated rings. The molecule has 2 aromatic rings. The monoisotopic (exact) mass is 229 g/mol. The number of imidazole rings is 1. The minimum Gasteiger partial charge on any atom is -0.329 e. The van der Waals surface area contributed by atoms with Crippen LogP contribution >= 0.6 is 0 Å². The van der Waals surface area contributed by atoms with E-state index in [9.17, 15) is 4.79 Å². The first-order valence-corrected chi connectivity index (χ1v) is 5.59. The van der Waals surface area contributed by atoms with Crippen molar-refractivity contribution in [2.45, 2.75) is 19.8 Å². The Bertz CT molecular complexity index is 517. The third kappa shape index (κ3) is 2.41. The molecule has 17 heavy (non-hydrogen) atoms. The van der Waals surface area contributed by atoms with E-state index in [2.05, 4.69) is 9.97 Å². The van der Waals surface area contributed by atoms with Crippen LogP contribution in [0.15, 0.2) is 24.4 Å². The highest BCUT2D eigenvalue weighted by atomic mass is 16.1. The molecular formula is C13H15N3O. The van der Waals surface area contributed by atoms with E-state index >= 15 is 0 Å². The Labute approximate surface area is 100 Å². The minimum absolute atomic E-state index is 0.665. The van der Waals surface area contributed by atoms with Gasteiger partial charge in [-0.05, 0) is 31.9 Å². The summed E-state index contributed by atoms with van der Waals surface area (Å²) in [6.45, 7) is 1.90. The number of aldehydes is 1. The molecule has 0 spiro atoms. The van der Waals surface area contributed by atoms with E-state index < -0.39 is 0 Å². The lowest BCUT2D eigenvalue weighted by atomic mass is 10.1. The summed E-state index contributed by atoms with van der Waals surface area (Å²) in [6.07, 6.45) is 4.19. The number of rotatable bonds is 4. The molecule has 0 atom stereocenters. The van der Waals surface area contributed by atoms with E-state index in [4.69, 9.17) is 0 Å². The van der Waals surface area contributed by atoms with E-state index in [1.54, 1.807) is 6.20 Å². The summed E-state index contributed by atoms with van der Waals surface area (Å²) in [5.41, 5.74) is 2.54. The number of hydrogen-bond acceptors (Lipinski definition) is 3. The minimum atomic E-state index is 0.665. The SMILES string of the molecule is Cc1nc(CCc2ccccn2)c(C=O)n1C. The number of hydrogen-bond donors (Lipinski definition) is 0. The zero-order valence-electron chi connectivity index (χ0n) is 10.1. The van der Waals surface area contributed by atoms with Gasteiger partial charge in [-0.3, -0.25) is 9.78 Å². The molecule has 0 N–H and O–H groups in total. The molecule has 0 bridgehead atoms. The first-order valence-electron chi connectivity index (χ1n) is 5.59. The molecule has 0 radical (unpaired) electrons. The average Bonchev–Trinajstić information content (AvgIpc) is 2.63. The maximum absolute atomic E-state index is 11.0. The second-order valence-electron chi connectivity index (χ2n) is 3.99. The Kier molecular flexibility index (Phi) is 3.32. The Balaban J connectivity index is 2.14. The Morgan fingerprint density at radius 1 is 1.35 bits per heavy atom. The third-order valence-corrected chi connectivity index (χ3v) is 2.89. The molecule has 0 saturated heterocycles. The summed E-state index contributed by atoms with van der Waals surface area (Å²) in [5, 5.41) is 0. The highest BCUT2D eigenvalue weighted by Crippen LogP contribution is 2.10. The van der Waals surface area contributed by atoms with Crippen molar-refractivity contribution < 1.29 is 4.79 Å². The summed E-state index contributed by atoms with van der Waals surface area (Å²) in [4.78, 5) is 19.7. The first kappa shape index (κ1) is 11.5. The Morgan fingerprint density at radius 3 is 2.82 bits per heavy atom. The van der Waals surface area contributed by atoms with Gasteiger partial charge in [0.1, 0.15) is 11.5 Å². The van der Waals surface area contributed by atoms with Crippen LogP contribution in [0, 0.1) is 6.92 Å². The first-order chi connectivity index (χ1) is 8.22. The molecule has 0 aromatic carbocycles. The molecule has 0 saturated carbocycles. The van der Waals surface area contributed by atoms with Crippen LogP contribution in [0.1, 0.15) is 27.7 Å². The van der Waals surface area contributed by atoms with Crippen molar-refractivity contribution in [3.05, 3.63) is 47.3 Å². The predicted molar refractivity (Wildman–Crippen MR) is 65.0 cm³/mol. The fourth-order valence-corrected chi connectivity index (χ4v) is 1.82. The molecule has 0 aliphatic rings. The zero-order chi connectivity index (χ0) is 12.3. The summed E-state index contributed by atoms with van der Waals surface area (Å²) in [7, 11) is 1.86. The number of aromatic nitrogens is 3. The van der Waals surface area contributed by atoms with Crippen molar-refractivity contribution in [1.29, 1.82) is 0 Å². The van der Waals surface area contributed by atoms with Gasteiger partial charge >= 0.3 is 0 Å².